The van der Waals surface area contributed by atoms with Crippen LogP contribution < -0.4 is 5.56 Å². The molecule has 0 aliphatic rings. The van der Waals surface area contributed by atoms with Crippen LogP contribution in [0, 0.1) is 13.8 Å². The number of aryl methyl sites for hydroxylation is 2. The molecule has 0 atom stereocenters. The average Bonchev–Trinajstić information content (AvgIpc) is 3.12. The van der Waals surface area contributed by atoms with E-state index in [9.17, 15) is 9.59 Å². The number of likely N-dealkylation sites (N-methyl/N-ethyl adjacent to an activating group) is 1. The first-order valence-electron chi connectivity index (χ1n) is 9.70. The van der Waals surface area contributed by atoms with E-state index in [0.717, 1.165) is 27.7 Å². The summed E-state index contributed by atoms with van der Waals surface area (Å²) in [6.45, 7) is 6.75. The molecule has 0 aliphatic heterocycles. The maximum atomic E-state index is 13.0. The second-order valence-electron chi connectivity index (χ2n) is 7.26. The number of rotatable bonds is 5. The van der Waals surface area contributed by atoms with Crippen LogP contribution in [0.5, 0.6) is 0 Å². The van der Waals surface area contributed by atoms with Crippen LogP contribution in [-0.2, 0) is 17.8 Å². The lowest BCUT2D eigenvalue weighted by atomic mass is 10.0. The van der Waals surface area contributed by atoms with Gasteiger partial charge in [-0.2, -0.15) is 0 Å². The van der Waals surface area contributed by atoms with E-state index in [1.54, 1.807) is 29.4 Å². The molecule has 0 unspecified atom stereocenters. The summed E-state index contributed by atoms with van der Waals surface area (Å²) >= 11 is 0. The molecule has 6 nitrogen and oxygen atoms in total. The molecule has 0 fully saturated rings. The van der Waals surface area contributed by atoms with Crippen molar-refractivity contribution in [2.45, 2.75) is 33.7 Å². The SMILES string of the molecule is CCN(Cc1nc2ccccc2c(=O)[nH]1)C(=O)Cc1coc2c(C)c(C)ccc12. The van der Waals surface area contributed by atoms with E-state index in [2.05, 4.69) is 9.97 Å². The van der Waals surface area contributed by atoms with Crippen molar-refractivity contribution in [2.75, 3.05) is 6.54 Å². The van der Waals surface area contributed by atoms with Crippen molar-refractivity contribution in [3.8, 4) is 0 Å². The standard InChI is InChI=1S/C23H23N3O3/c1-4-26(12-20-24-19-8-6-5-7-18(19)23(28)25-20)21(27)11-16-13-29-22-15(3)14(2)9-10-17(16)22/h5-10,13H,4,11-12H2,1-3H3,(H,24,25,28). The fraction of sp³-hybridized carbons (Fsp3) is 0.261. The van der Waals surface area contributed by atoms with Gasteiger partial charge in [0.1, 0.15) is 11.4 Å². The Kier molecular flexibility index (Phi) is 4.92. The normalized spacial score (nSPS) is 11.3. The van der Waals surface area contributed by atoms with E-state index >= 15 is 0 Å². The number of carbonyl (C=O) groups is 1. The van der Waals surface area contributed by atoms with Gasteiger partial charge in [-0.25, -0.2) is 4.98 Å². The molecule has 29 heavy (non-hydrogen) atoms. The second kappa shape index (κ2) is 7.54. The predicted molar refractivity (Wildman–Crippen MR) is 113 cm³/mol. The Hall–Kier alpha value is -3.41. The average molecular weight is 389 g/mol. The van der Waals surface area contributed by atoms with Crippen LogP contribution in [0.3, 0.4) is 0 Å². The summed E-state index contributed by atoms with van der Waals surface area (Å²) in [5.41, 5.74) is 4.38. The number of aromatic amines is 1. The minimum atomic E-state index is -0.194. The maximum Gasteiger partial charge on any atom is 0.258 e. The molecule has 148 valence electrons. The summed E-state index contributed by atoms with van der Waals surface area (Å²) in [5, 5.41) is 1.51. The smallest absolute Gasteiger partial charge is 0.258 e. The van der Waals surface area contributed by atoms with E-state index in [-0.39, 0.29) is 24.4 Å². The molecule has 1 N–H and O–H groups in total. The molecular weight excluding hydrogens is 366 g/mol. The van der Waals surface area contributed by atoms with E-state index in [0.29, 0.717) is 23.3 Å². The summed E-state index contributed by atoms with van der Waals surface area (Å²) in [7, 11) is 0. The third-order valence-corrected chi connectivity index (χ3v) is 5.42. The van der Waals surface area contributed by atoms with Crippen molar-refractivity contribution in [3.63, 3.8) is 0 Å². The van der Waals surface area contributed by atoms with Crippen LogP contribution in [-0.4, -0.2) is 27.3 Å². The second-order valence-corrected chi connectivity index (χ2v) is 7.26. The number of carbonyl (C=O) groups excluding carboxylic acids is 1. The minimum absolute atomic E-state index is 0.0377. The highest BCUT2D eigenvalue weighted by atomic mass is 16.3. The Morgan fingerprint density at radius 3 is 2.72 bits per heavy atom. The molecule has 0 spiro atoms. The van der Waals surface area contributed by atoms with Gasteiger partial charge in [-0.1, -0.05) is 24.3 Å². The molecule has 0 aliphatic carbocycles. The van der Waals surface area contributed by atoms with Gasteiger partial charge in [0.2, 0.25) is 5.91 Å². The van der Waals surface area contributed by atoms with Gasteiger partial charge in [-0.05, 0) is 44.0 Å². The third-order valence-electron chi connectivity index (χ3n) is 5.42. The molecule has 0 radical (unpaired) electrons. The highest BCUT2D eigenvalue weighted by Crippen LogP contribution is 2.27. The van der Waals surface area contributed by atoms with Crippen molar-refractivity contribution in [2.24, 2.45) is 0 Å². The Labute approximate surface area is 168 Å². The number of aromatic nitrogens is 2. The van der Waals surface area contributed by atoms with Gasteiger partial charge in [0.25, 0.3) is 5.56 Å². The quantitative estimate of drug-likeness (QED) is 0.562. The number of furan rings is 1. The number of hydrogen-bond donors (Lipinski definition) is 1. The molecule has 1 amide bonds. The van der Waals surface area contributed by atoms with E-state index < -0.39 is 0 Å². The number of hydrogen-bond acceptors (Lipinski definition) is 4. The number of amides is 1. The number of nitrogens with one attached hydrogen (secondary N) is 1. The maximum absolute atomic E-state index is 13.0. The summed E-state index contributed by atoms with van der Waals surface area (Å²) in [5.74, 6) is 0.441. The monoisotopic (exact) mass is 389 g/mol. The van der Waals surface area contributed by atoms with Crippen molar-refractivity contribution in [1.82, 2.24) is 14.9 Å². The van der Waals surface area contributed by atoms with Crippen molar-refractivity contribution < 1.29 is 9.21 Å². The van der Waals surface area contributed by atoms with Crippen molar-refractivity contribution in [1.29, 1.82) is 0 Å². The van der Waals surface area contributed by atoms with Crippen LogP contribution in [0.25, 0.3) is 21.9 Å². The zero-order valence-electron chi connectivity index (χ0n) is 16.8. The fourth-order valence-corrected chi connectivity index (χ4v) is 3.57. The zero-order valence-corrected chi connectivity index (χ0v) is 16.8. The first-order chi connectivity index (χ1) is 14.0. The highest BCUT2D eigenvalue weighted by Gasteiger charge is 2.18. The lowest BCUT2D eigenvalue weighted by Crippen LogP contribution is -2.33. The van der Waals surface area contributed by atoms with Gasteiger partial charge in [-0.3, -0.25) is 9.59 Å². The minimum Gasteiger partial charge on any atom is -0.464 e. The van der Waals surface area contributed by atoms with Gasteiger partial charge in [0, 0.05) is 17.5 Å². The molecule has 0 saturated carbocycles. The fourth-order valence-electron chi connectivity index (χ4n) is 3.57. The first kappa shape index (κ1) is 18.9. The van der Waals surface area contributed by atoms with Gasteiger partial charge in [0.05, 0.1) is 30.1 Å². The zero-order chi connectivity index (χ0) is 20.5. The number of benzene rings is 2. The number of para-hydroxylation sites is 1. The Bertz CT molecular complexity index is 1270. The van der Waals surface area contributed by atoms with Gasteiger partial charge in [-0.15, -0.1) is 0 Å². The lowest BCUT2D eigenvalue weighted by Gasteiger charge is -2.20. The first-order valence-corrected chi connectivity index (χ1v) is 9.70. The van der Waals surface area contributed by atoms with Crippen molar-refractivity contribution >= 4 is 27.8 Å². The molecule has 2 heterocycles. The summed E-state index contributed by atoms with van der Waals surface area (Å²) in [4.78, 5) is 34.2. The third kappa shape index (κ3) is 3.53. The lowest BCUT2D eigenvalue weighted by molar-refractivity contribution is -0.131. The molecular formula is C23H23N3O3. The molecule has 2 aromatic heterocycles. The van der Waals surface area contributed by atoms with Crippen LogP contribution >= 0.6 is 0 Å². The molecule has 0 bridgehead atoms. The number of H-pyrrole nitrogens is 1. The van der Waals surface area contributed by atoms with Crippen LogP contribution in [0.2, 0.25) is 0 Å². The summed E-state index contributed by atoms with van der Waals surface area (Å²) in [6.07, 6.45) is 1.90. The van der Waals surface area contributed by atoms with E-state index in [1.807, 2.05) is 39.0 Å². The number of fused-ring (bicyclic) bond motifs is 2. The van der Waals surface area contributed by atoms with Crippen LogP contribution in [0.4, 0.5) is 0 Å². The molecule has 4 aromatic rings. The molecule has 0 saturated heterocycles. The Balaban J connectivity index is 1.58. The molecule has 4 rings (SSSR count). The van der Waals surface area contributed by atoms with E-state index in [1.165, 1.54) is 0 Å². The topological polar surface area (TPSA) is 79.2 Å². The summed E-state index contributed by atoms with van der Waals surface area (Å²) in [6, 6.07) is 11.2. The van der Waals surface area contributed by atoms with Gasteiger partial charge < -0.3 is 14.3 Å². The Morgan fingerprint density at radius 1 is 1.14 bits per heavy atom. The summed E-state index contributed by atoms with van der Waals surface area (Å²) < 4.78 is 5.73. The van der Waals surface area contributed by atoms with E-state index in [4.69, 9.17) is 4.42 Å². The predicted octanol–water partition coefficient (Wildman–Crippen LogP) is 3.88. The largest absolute Gasteiger partial charge is 0.464 e. The molecule has 6 heteroatoms. The van der Waals surface area contributed by atoms with Crippen LogP contribution in [0.1, 0.15) is 29.4 Å². The Morgan fingerprint density at radius 2 is 1.93 bits per heavy atom. The molecule has 2 aromatic carbocycles. The highest BCUT2D eigenvalue weighted by molar-refractivity contribution is 5.89. The number of nitrogens with zero attached hydrogens (tertiary/aromatic N) is 2. The van der Waals surface area contributed by atoms with Crippen molar-refractivity contribution in [3.05, 3.63) is 75.5 Å². The van der Waals surface area contributed by atoms with Crippen LogP contribution in [0.15, 0.2) is 51.9 Å². The van der Waals surface area contributed by atoms with Gasteiger partial charge >= 0.3 is 0 Å². The van der Waals surface area contributed by atoms with Gasteiger partial charge in [0.15, 0.2) is 0 Å².